The first-order chi connectivity index (χ1) is 14.1. The predicted octanol–water partition coefficient (Wildman–Crippen LogP) is 3.20. The van der Waals surface area contributed by atoms with Crippen LogP contribution >= 0.6 is 0 Å². The maximum Gasteiger partial charge on any atom is 0.191 e. The highest BCUT2D eigenvalue weighted by atomic mass is 16.5. The van der Waals surface area contributed by atoms with E-state index >= 15 is 0 Å². The molecule has 1 aromatic carbocycles. The Morgan fingerprint density at radius 3 is 2.69 bits per heavy atom. The molecule has 0 atom stereocenters. The van der Waals surface area contributed by atoms with Crippen molar-refractivity contribution in [2.24, 2.45) is 10.9 Å². The van der Waals surface area contributed by atoms with Crippen LogP contribution in [0.25, 0.3) is 0 Å². The van der Waals surface area contributed by atoms with E-state index in [1.54, 1.807) is 7.11 Å². The molecule has 164 valence electrons. The second-order valence-electron chi connectivity index (χ2n) is 8.04. The largest absolute Gasteiger partial charge is 0.491 e. The number of piperidine rings is 1. The second-order valence-corrected chi connectivity index (χ2v) is 8.04. The molecular weight excluding hydrogens is 364 g/mol. The third-order valence-corrected chi connectivity index (χ3v) is 5.51. The lowest BCUT2D eigenvalue weighted by Crippen LogP contribution is -2.38. The van der Waals surface area contributed by atoms with Gasteiger partial charge >= 0.3 is 0 Å². The van der Waals surface area contributed by atoms with Gasteiger partial charge in [-0.2, -0.15) is 0 Å². The van der Waals surface area contributed by atoms with E-state index in [1.165, 1.54) is 44.5 Å². The number of aryl methyl sites for hydroxylation is 1. The van der Waals surface area contributed by atoms with Gasteiger partial charge in [0.15, 0.2) is 5.96 Å². The number of benzene rings is 1. The van der Waals surface area contributed by atoms with Crippen molar-refractivity contribution in [3.05, 3.63) is 29.3 Å². The molecule has 1 aliphatic heterocycles. The van der Waals surface area contributed by atoms with Crippen LogP contribution in [-0.2, 0) is 11.3 Å². The van der Waals surface area contributed by atoms with Crippen molar-refractivity contribution < 1.29 is 9.47 Å². The molecule has 1 aromatic rings. The fourth-order valence-corrected chi connectivity index (χ4v) is 3.53. The van der Waals surface area contributed by atoms with Gasteiger partial charge in [0.05, 0.1) is 6.61 Å². The third kappa shape index (κ3) is 9.05. The van der Waals surface area contributed by atoms with Crippen LogP contribution < -0.4 is 15.4 Å². The highest BCUT2D eigenvalue weighted by molar-refractivity contribution is 5.79. The maximum absolute atomic E-state index is 5.87. The van der Waals surface area contributed by atoms with Crippen molar-refractivity contribution in [2.75, 3.05) is 53.6 Å². The van der Waals surface area contributed by atoms with E-state index in [-0.39, 0.29) is 0 Å². The molecule has 0 aromatic heterocycles. The van der Waals surface area contributed by atoms with Gasteiger partial charge in [0.25, 0.3) is 0 Å². The van der Waals surface area contributed by atoms with Crippen LogP contribution in [0.2, 0.25) is 0 Å². The number of aliphatic imine (C=N–C) groups is 1. The number of nitrogens with one attached hydrogen (secondary N) is 2. The molecule has 0 unspecified atom stereocenters. The molecule has 2 rings (SSSR count). The van der Waals surface area contributed by atoms with Crippen LogP contribution in [0, 0.1) is 12.8 Å². The first-order valence-corrected chi connectivity index (χ1v) is 11.0. The van der Waals surface area contributed by atoms with Crippen LogP contribution in [0.5, 0.6) is 5.75 Å². The minimum Gasteiger partial charge on any atom is -0.491 e. The van der Waals surface area contributed by atoms with Crippen LogP contribution in [0.3, 0.4) is 0 Å². The highest BCUT2D eigenvalue weighted by Crippen LogP contribution is 2.20. The Hall–Kier alpha value is -1.79. The van der Waals surface area contributed by atoms with Gasteiger partial charge in [-0.1, -0.05) is 19.1 Å². The molecule has 6 nitrogen and oxygen atoms in total. The van der Waals surface area contributed by atoms with Crippen molar-refractivity contribution >= 4 is 5.96 Å². The number of rotatable bonds is 11. The number of likely N-dealkylation sites (tertiary alicyclic amines) is 1. The van der Waals surface area contributed by atoms with E-state index in [1.807, 2.05) is 7.05 Å². The van der Waals surface area contributed by atoms with E-state index in [4.69, 9.17) is 9.47 Å². The summed E-state index contributed by atoms with van der Waals surface area (Å²) in [5.41, 5.74) is 2.31. The zero-order chi connectivity index (χ0) is 20.9. The van der Waals surface area contributed by atoms with Gasteiger partial charge < -0.3 is 25.0 Å². The molecule has 1 aliphatic rings. The number of unbranched alkanes of at least 4 members (excludes halogenated alkanes) is 1. The Bertz CT molecular complexity index is 613. The van der Waals surface area contributed by atoms with Gasteiger partial charge in [-0.3, -0.25) is 4.99 Å². The SMILES string of the molecule is CN=C(NCCCCN1CCC(C)CC1)NCc1ccc(C)cc1OCCOC. The Morgan fingerprint density at radius 2 is 1.97 bits per heavy atom. The minimum absolute atomic E-state index is 0.551. The number of nitrogens with zero attached hydrogens (tertiary/aromatic N) is 2. The Balaban J connectivity index is 1.68. The summed E-state index contributed by atoms with van der Waals surface area (Å²) < 4.78 is 11.0. The number of methoxy groups -OCH3 is 1. The fourth-order valence-electron chi connectivity index (χ4n) is 3.53. The average Bonchev–Trinajstić information content (AvgIpc) is 2.72. The van der Waals surface area contributed by atoms with Crippen LogP contribution in [0.1, 0.15) is 43.7 Å². The molecule has 0 aliphatic carbocycles. The average molecular weight is 405 g/mol. The lowest BCUT2D eigenvalue weighted by Gasteiger charge is -2.30. The maximum atomic E-state index is 5.87. The molecule has 6 heteroatoms. The van der Waals surface area contributed by atoms with Crippen molar-refractivity contribution in [2.45, 2.75) is 46.1 Å². The zero-order valence-corrected chi connectivity index (χ0v) is 18.8. The number of hydrogen-bond donors (Lipinski definition) is 2. The molecule has 0 saturated carbocycles. The molecule has 2 N–H and O–H groups in total. The van der Waals surface area contributed by atoms with Crippen molar-refractivity contribution in [1.82, 2.24) is 15.5 Å². The van der Waals surface area contributed by atoms with Gasteiger partial charge in [-0.05, 0) is 69.8 Å². The first-order valence-electron chi connectivity index (χ1n) is 11.0. The predicted molar refractivity (Wildman–Crippen MR) is 121 cm³/mol. The summed E-state index contributed by atoms with van der Waals surface area (Å²) in [4.78, 5) is 6.95. The Kier molecular flexibility index (Phi) is 10.9. The summed E-state index contributed by atoms with van der Waals surface area (Å²) in [6.07, 6.45) is 5.09. The topological polar surface area (TPSA) is 58.1 Å². The quantitative estimate of drug-likeness (QED) is 0.337. The van der Waals surface area contributed by atoms with Gasteiger partial charge in [-0.25, -0.2) is 0 Å². The standard InChI is InChI=1S/C23H40N4O2/c1-19-9-13-27(14-10-19)12-6-5-11-25-23(24-3)26-18-21-8-7-20(2)17-22(21)29-16-15-28-4/h7-8,17,19H,5-6,9-16,18H2,1-4H3,(H2,24,25,26). The molecule has 0 bridgehead atoms. The molecule has 0 amide bonds. The molecular formula is C23H40N4O2. The summed E-state index contributed by atoms with van der Waals surface area (Å²) in [5.74, 6) is 2.64. The van der Waals surface area contributed by atoms with Crippen LogP contribution in [0.4, 0.5) is 0 Å². The smallest absolute Gasteiger partial charge is 0.191 e. The van der Waals surface area contributed by atoms with Gasteiger partial charge in [0.1, 0.15) is 12.4 Å². The summed E-state index contributed by atoms with van der Waals surface area (Å²) in [6, 6.07) is 6.29. The van der Waals surface area contributed by atoms with Gasteiger partial charge in [-0.15, -0.1) is 0 Å². The van der Waals surface area contributed by atoms with Crippen LogP contribution in [-0.4, -0.2) is 64.4 Å². The molecule has 1 saturated heterocycles. The summed E-state index contributed by atoms with van der Waals surface area (Å²) in [6.45, 7) is 10.9. The zero-order valence-electron chi connectivity index (χ0n) is 18.8. The van der Waals surface area contributed by atoms with Gasteiger partial charge in [0.2, 0.25) is 0 Å². The lowest BCUT2D eigenvalue weighted by atomic mass is 9.99. The molecule has 0 spiro atoms. The van der Waals surface area contributed by atoms with E-state index in [9.17, 15) is 0 Å². The number of guanidine groups is 1. The van der Waals surface area contributed by atoms with Gasteiger partial charge in [0, 0.05) is 32.8 Å². The monoisotopic (exact) mass is 404 g/mol. The fraction of sp³-hybridized carbons (Fsp3) is 0.696. The summed E-state index contributed by atoms with van der Waals surface area (Å²) in [7, 11) is 3.50. The molecule has 29 heavy (non-hydrogen) atoms. The Morgan fingerprint density at radius 1 is 1.17 bits per heavy atom. The summed E-state index contributed by atoms with van der Waals surface area (Å²) in [5, 5.41) is 6.83. The van der Waals surface area contributed by atoms with Crippen LogP contribution in [0.15, 0.2) is 23.2 Å². The normalized spacial score (nSPS) is 16.1. The van der Waals surface area contributed by atoms with Crippen molar-refractivity contribution in [3.8, 4) is 5.75 Å². The van der Waals surface area contributed by atoms with E-state index in [0.717, 1.165) is 36.2 Å². The van der Waals surface area contributed by atoms with Crippen molar-refractivity contribution in [1.29, 1.82) is 0 Å². The number of ether oxygens (including phenoxy) is 2. The summed E-state index contributed by atoms with van der Waals surface area (Å²) >= 11 is 0. The molecule has 1 heterocycles. The molecule has 0 radical (unpaired) electrons. The third-order valence-electron chi connectivity index (χ3n) is 5.51. The lowest BCUT2D eigenvalue weighted by molar-refractivity contribution is 0.145. The van der Waals surface area contributed by atoms with E-state index < -0.39 is 0 Å². The number of hydrogen-bond acceptors (Lipinski definition) is 4. The second kappa shape index (κ2) is 13.4. The van der Waals surface area contributed by atoms with Crippen molar-refractivity contribution in [3.63, 3.8) is 0 Å². The van der Waals surface area contributed by atoms with E-state index in [0.29, 0.717) is 19.8 Å². The Labute approximate surface area is 177 Å². The van der Waals surface area contributed by atoms with E-state index in [2.05, 4.69) is 52.6 Å². The highest BCUT2D eigenvalue weighted by Gasteiger charge is 2.14. The molecule has 1 fully saturated rings. The minimum atomic E-state index is 0.551. The first kappa shape index (κ1) is 23.5.